The van der Waals surface area contributed by atoms with Gasteiger partial charge in [-0.1, -0.05) is 24.3 Å². The van der Waals surface area contributed by atoms with Crippen molar-refractivity contribution in [2.45, 2.75) is 30.9 Å². The van der Waals surface area contributed by atoms with Gasteiger partial charge < -0.3 is 5.11 Å². The van der Waals surface area contributed by atoms with Crippen molar-refractivity contribution in [1.29, 1.82) is 0 Å². The fraction of sp³-hybridized carbons (Fsp3) is 0.471. The standard InChI is InChI=1S/C17H21N3O/c1-19-10-14(9-18-19)13-6-7-20(11-13)16-8-12-4-2-3-5-15(12)17(16)21/h2-5,9-10,13,16-17,21H,6-8,11H2,1H3/t13-,16-,17+/m1/s1. The molecule has 1 saturated heterocycles. The molecule has 110 valence electrons. The molecule has 1 fully saturated rings. The number of fused-ring (bicyclic) bond motifs is 1. The van der Waals surface area contributed by atoms with Crippen molar-refractivity contribution >= 4 is 0 Å². The zero-order valence-electron chi connectivity index (χ0n) is 12.3. The normalized spacial score (nSPS) is 29.0. The summed E-state index contributed by atoms with van der Waals surface area (Å²) in [7, 11) is 1.97. The minimum Gasteiger partial charge on any atom is -0.387 e. The molecule has 1 aromatic heterocycles. The Bertz CT molecular complexity index is 651. The van der Waals surface area contributed by atoms with Crippen molar-refractivity contribution in [2.75, 3.05) is 13.1 Å². The summed E-state index contributed by atoms with van der Waals surface area (Å²) in [6.45, 7) is 2.09. The first kappa shape index (κ1) is 13.0. The fourth-order valence-electron chi connectivity index (χ4n) is 3.89. The lowest BCUT2D eigenvalue weighted by Gasteiger charge is -2.26. The lowest BCUT2D eigenvalue weighted by Crippen LogP contribution is -2.36. The van der Waals surface area contributed by atoms with Crippen molar-refractivity contribution in [3.8, 4) is 0 Å². The molecule has 1 N–H and O–H groups in total. The van der Waals surface area contributed by atoms with E-state index in [2.05, 4.69) is 34.4 Å². The van der Waals surface area contributed by atoms with Crippen LogP contribution in [0.3, 0.4) is 0 Å². The van der Waals surface area contributed by atoms with Crippen LogP contribution >= 0.6 is 0 Å². The van der Waals surface area contributed by atoms with Crippen LogP contribution in [-0.4, -0.2) is 38.9 Å². The first-order valence-corrected chi connectivity index (χ1v) is 7.71. The summed E-state index contributed by atoms with van der Waals surface area (Å²) in [6, 6.07) is 8.54. The summed E-state index contributed by atoms with van der Waals surface area (Å²) in [4.78, 5) is 2.46. The Kier molecular flexibility index (Phi) is 3.08. The molecule has 0 unspecified atom stereocenters. The van der Waals surface area contributed by atoms with Gasteiger partial charge in [-0.25, -0.2) is 0 Å². The maximum Gasteiger partial charge on any atom is 0.0951 e. The first-order valence-electron chi connectivity index (χ1n) is 7.71. The highest BCUT2D eigenvalue weighted by Gasteiger charge is 2.38. The van der Waals surface area contributed by atoms with Crippen LogP contribution in [0.2, 0.25) is 0 Å². The summed E-state index contributed by atoms with van der Waals surface area (Å²) in [5.41, 5.74) is 3.75. The average molecular weight is 283 g/mol. The molecule has 0 radical (unpaired) electrons. The van der Waals surface area contributed by atoms with Crippen LogP contribution in [0.25, 0.3) is 0 Å². The maximum absolute atomic E-state index is 10.6. The topological polar surface area (TPSA) is 41.3 Å². The lowest BCUT2D eigenvalue weighted by atomic mass is 10.0. The molecular weight excluding hydrogens is 262 g/mol. The largest absolute Gasteiger partial charge is 0.387 e. The molecule has 0 saturated carbocycles. The van der Waals surface area contributed by atoms with E-state index in [9.17, 15) is 5.11 Å². The summed E-state index contributed by atoms with van der Waals surface area (Å²) >= 11 is 0. The molecule has 2 aromatic rings. The molecule has 0 bridgehead atoms. The van der Waals surface area contributed by atoms with Gasteiger partial charge >= 0.3 is 0 Å². The summed E-state index contributed by atoms with van der Waals surface area (Å²) in [5, 5.41) is 14.9. The minimum atomic E-state index is -0.339. The molecule has 0 spiro atoms. The van der Waals surface area contributed by atoms with Crippen molar-refractivity contribution in [3.05, 3.63) is 53.3 Å². The molecule has 2 aliphatic rings. The maximum atomic E-state index is 10.6. The van der Waals surface area contributed by atoms with Gasteiger partial charge in [-0.2, -0.15) is 5.10 Å². The van der Waals surface area contributed by atoms with Crippen LogP contribution in [0.4, 0.5) is 0 Å². The molecule has 4 rings (SSSR count). The van der Waals surface area contributed by atoms with Gasteiger partial charge in [-0.15, -0.1) is 0 Å². The average Bonchev–Trinajstić information content (AvgIpc) is 3.18. The number of aromatic nitrogens is 2. The molecule has 2 heterocycles. The van der Waals surface area contributed by atoms with Crippen LogP contribution in [0.15, 0.2) is 36.7 Å². The fourth-order valence-corrected chi connectivity index (χ4v) is 3.89. The van der Waals surface area contributed by atoms with Crippen LogP contribution in [-0.2, 0) is 13.5 Å². The van der Waals surface area contributed by atoms with Gasteiger partial charge in [0.1, 0.15) is 0 Å². The van der Waals surface area contributed by atoms with Crippen LogP contribution in [0, 0.1) is 0 Å². The first-order chi connectivity index (χ1) is 10.2. The van der Waals surface area contributed by atoms with Crippen LogP contribution < -0.4 is 0 Å². The van der Waals surface area contributed by atoms with E-state index in [1.54, 1.807) is 0 Å². The van der Waals surface area contributed by atoms with Gasteiger partial charge in [-0.05, 0) is 36.1 Å². The molecule has 1 aromatic carbocycles. The van der Waals surface area contributed by atoms with Gasteiger partial charge in [0.15, 0.2) is 0 Å². The zero-order chi connectivity index (χ0) is 14.4. The number of rotatable bonds is 2. The van der Waals surface area contributed by atoms with Crippen molar-refractivity contribution < 1.29 is 5.11 Å². The number of aliphatic hydroxyl groups is 1. The smallest absolute Gasteiger partial charge is 0.0951 e. The molecule has 0 amide bonds. The molecule has 3 atom stereocenters. The quantitative estimate of drug-likeness (QED) is 0.915. The van der Waals surface area contributed by atoms with Gasteiger partial charge in [0.05, 0.1) is 12.3 Å². The van der Waals surface area contributed by atoms with Gasteiger partial charge in [0.2, 0.25) is 0 Å². The Morgan fingerprint density at radius 2 is 2.14 bits per heavy atom. The molecule has 4 heteroatoms. The molecular formula is C17H21N3O. The minimum absolute atomic E-state index is 0.240. The lowest BCUT2D eigenvalue weighted by molar-refractivity contribution is 0.0742. The number of hydrogen-bond donors (Lipinski definition) is 1. The molecule has 21 heavy (non-hydrogen) atoms. The number of nitrogens with zero attached hydrogens (tertiary/aromatic N) is 3. The number of aryl methyl sites for hydroxylation is 1. The van der Waals surface area contributed by atoms with E-state index in [0.29, 0.717) is 5.92 Å². The third kappa shape index (κ3) is 2.19. The second kappa shape index (κ2) is 4.97. The Labute approximate surface area is 125 Å². The zero-order valence-corrected chi connectivity index (χ0v) is 12.3. The van der Waals surface area contributed by atoms with Crippen molar-refractivity contribution in [1.82, 2.24) is 14.7 Å². The number of hydrogen-bond acceptors (Lipinski definition) is 3. The highest BCUT2D eigenvalue weighted by molar-refractivity contribution is 5.36. The van der Waals surface area contributed by atoms with Gasteiger partial charge in [0.25, 0.3) is 0 Å². The second-order valence-corrected chi connectivity index (χ2v) is 6.34. The predicted octanol–water partition coefficient (Wildman–Crippen LogP) is 1.87. The van der Waals surface area contributed by atoms with E-state index in [1.165, 1.54) is 11.1 Å². The number of aliphatic hydroxyl groups excluding tert-OH is 1. The Balaban J connectivity index is 1.50. The van der Waals surface area contributed by atoms with E-state index in [0.717, 1.165) is 31.5 Å². The summed E-state index contributed by atoms with van der Waals surface area (Å²) in [6.07, 6.45) is 5.89. The molecule has 1 aliphatic carbocycles. The van der Waals surface area contributed by atoms with Crippen molar-refractivity contribution in [2.24, 2.45) is 7.05 Å². The monoisotopic (exact) mass is 283 g/mol. The highest BCUT2D eigenvalue weighted by Crippen LogP contribution is 2.38. The summed E-state index contributed by atoms with van der Waals surface area (Å²) < 4.78 is 1.87. The van der Waals surface area contributed by atoms with Crippen LogP contribution in [0.5, 0.6) is 0 Å². The molecule has 1 aliphatic heterocycles. The van der Waals surface area contributed by atoms with E-state index >= 15 is 0 Å². The summed E-state index contributed by atoms with van der Waals surface area (Å²) in [5.74, 6) is 0.551. The Hall–Kier alpha value is -1.65. The third-order valence-corrected chi connectivity index (χ3v) is 5.05. The molecule has 4 nitrogen and oxygen atoms in total. The van der Waals surface area contributed by atoms with Gasteiger partial charge in [0, 0.05) is 31.7 Å². The highest BCUT2D eigenvalue weighted by atomic mass is 16.3. The Morgan fingerprint density at radius 1 is 1.29 bits per heavy atom. The SMILES string of the molecule is Cn1cc([C@@H]2CCN([C@@H]3Cc4ccccc4[C@@H]3O)C2)cn1. The van der Waals surface area contributed by atoms with E-state index in [-0.39, 0.29) is 12.1 Å². The van der Waals surface area contributed by atoms with E-state index in [4.69, 9.17) is 0 Å². The van der Waals surface area contributed by atoms with E-state index < -0.39 is 0 Å². The van der Waals surface area contributed by atoms with Crippen molar-refractivity contribution in [3.63, 3.8) is 0 Å². The number of benzene rings is 1. The van der Waals surface area contributed by atoms with Crippen LogP contribution in [0.1, 0.15) is 35.1 Å². The predicted molar refractivity (Wildman–Crippen MR) is 81.0 cm³/mol. The number of likely N-dealkylation sites (tertiary alicyclic amines) is 1. The van der Waals surface area contributed by atoms with E-state index in [1.807, 2.05) is 24.0 Å². The van der Waals surface area contributed by atoms with Gasteiger partial charge in [-0.3, -0.25) is 9.58 Å². The Morgan fingerprint density at radius 3 is 2.90 bits per heavy atom. The third-order valence-electron chi connectivity index (χ3n) is 5.05. The second-order valence-electron chi connectivity index (χ2n) is 6.34.